The Hall–Kier alpha value is -1.43. The number of rotatable bonds is 1. The summed E-state index contributed by atoms with van der Waals surface area (Å²) >= 11 is 0. The maximum atomic E-state index is 8.82. The van der Waals surface area contributed by atoms with Gasteiger partial charge in [-0.1, -0.05) is 17.7 Å². The van der Waals surface area contributed by atoms with Gasteiger partial charge >= 0.3 is 0 Å². The third kappa shape index (κ3) is 2.33. The normalized spacial score (nSPS) is 16.3. The Morgan fingerprint density at radius 1 is 1.20 bits per heavy atom. The molecular weight excluding hydrogens is 183 g/mol. The van der Waals surface area contributed by atoms with Gasteiger partial charge in [0.15, 0.2) is 0 Å². The van der Waals surface area contributed by atoms with E-state index in [9.17, 15) is 0 Å². The summed E-state index contributed by atoms with van der Waals surface area (Å²) < 4.78 is 0. The van der Waals surface area contributed by atoms with Crippen molar-refractivity contribution in [2.24, 2.45) is 0 Å². The van der Waals surface area contributed by atoms with E-state index in [1.165, 1.54) is 11.3 Å². The molecular formula is C12H15BN2. The van der Waals surface area contributed by atoms with Crippen LogP contribution in [0.5, 0.6) is 0 Å². The Bertz CT molecular complexity index is 358. The Labute approximate surface area is 91.6 Å². The fraction of sp³-hybridized carbons (Fsp3) is 0.417. The van der Waals surface area contributed by atoms with Gasteiger partial charge in [0.05, 0.1) is 0 Å². The summed E-state index contributed by atoms with van der Waals surface area (Å²) in [6.07, 6.45) is 2.01. The predicted molar refractivity (Wildman–Crippen MR) is 64.4 cm³/mol. The molecule has 2 nitrogen and oxygen atoms in total. The molecule has 1 aromatic carbocycles. The largest absolute Gasteiger partial charge is 0.373 e. The van der Waals surface area contributed by atoms with Gasteiger partial charge in [-0.05, 0) is 31.7 Å². The van der Waals surface area contributed by atoms with Crippen molar-refractivity contribution in [1.29, 1.82) is 5.26 Å². The molecule has 15 heavy (non-hydrogen) atoms. The van der Waals surface area contributed by atoms with Gasteiger partial charge in [0.25, 0.3) is 6.71 Å². The van der Waals surface area contributed by atoms with E-state index in [1.807, 2.05) is 0 Å². The standard InChI is InChI=1S/C12H15BN2/c1-11-2-4-12(5-3-11)15-8-6-13(10-14)7-9-15/h2-5H,6-9H2,1H3. The first kappa shape index (κ1) is 10.1. The maximum Gasteiger partial charge on any atom is 0.271 e. The number of hydrogen-bond acceptors (Lipinski definition) is 2. The van der Waals surface area contributed by atoms with Crippen molar-refractivity contribution in [3.63, 3.8) is 0 Å². The van der Waals surface area contributed by atoms with Crippen molar-refractivity contribution in [1.82, 2.24) is 0 Å². The van der Waals surface area contributed by atoms with Crippen molar-refractivity contribution in [3.8, 4) is 5.97 Å². The smallest absolute Gasteiger partial charge is 0.271 e. The van der Waals surface area contributed by atoms with E-state index in [0.717, 1.165) is 25.7 Å². The van der Waals surface area contributed by atoms with Gasteiger partial charge in [-0.2, -0.15) is 0 Å². The highest BCUT2D eigenvalue weighted by atomic mass is 15.1. The maximum absolute atomic E-state index is 8.82. The number of nitrogens with zero attached hydrogens (tertiary/aromatic N) is 2. The quantitative estimate of drug-likeness (QED) is 0.647. The molecule has 0 aliphatic carbocycles. The topological polar surface area (TPSA) is 27.0 Å². The third-order valence-electron chi connectivity index (χ3n) is 3.08. The minimum absolute atomic E-state index is 0.270. The summed E-state index contributed by atoms with van der Waals surface area (Å²) in [4.78, 5) is 2.37. The fourth-order valence-electron chi connectivity index (χ4n) is 2.02. The summed E-state index contributed by atoms with van der Waals surface area (Å²) in [7, 11) is 0. The van der Waals surface area contributed by atoms with E-state index < -0.39 is 0 Å². The second kappa shape index (κ2) is 4.40. The molecule has 76 valence electrons. The molecule has 1 aromatic rings. The third-order valence-corrected chi connectivity index (χ3v) is 3.08. The van der Waals surface area contributed by atoms with E-state index in [4.69, 9.17) is 5.26 Å². The minimum Gasteiger partial charge on any atom is -0.373 e. The summed E-state index contributed by atoms with van der Waals surface area (Å²) in [5.41, 5.74) is 2.59. The Balaban J connectivity index is 2.02. The first-order chi connectivity index (χ1) is 7.29. The average molecular weight is 198 g/mol. The zero-order valence-electron chi connectivity index (χ0n) is 9.11. The lowest BCUT2D eigenvalue weighted by Crippen LogP contribution is -2.36. The number of benzene rings is 1. The highest BCUT2D eigenvalue weighted by Crippen LogP contribution is 2.20. The van der Waals surface area contributed by atoms with E-state index in [2.05, 4.69) is 42.1 Å². The van der Waals surface area contributed by atoms with Crippen molar-refractivity contribution in [3.05, 3.63) is 29.8 Å². The Morgan fingerprint density at radius 2 is 1.80 bits per heavy atom. The van der Waals surface area contributed by atoms with Crippen LogP contribution in [0.4, 0.5) is 5.69 Å². The highest BCUT2D eigenvalue weighted by molar-refractivity contribution is 6.67. The van der Waals surface area contributed by atoms with Crippen LogP contribution in [-0.2, 0) is 0 Å². The van der Waals surface area contributed by atoms with Crippen LogP contribution in [0.2, 0.25) is 12.6 Å². The van der Waals surface area contributed by atoms with Crippen molar-refractivity contribution >= 4 is 12.4 Å². The average Bonchev–Trinajstić information content (AvgIpc) is 2.30. The molecule has 1 aliphatic heterocycles. The number of aryl methyl sites for hydroxylation is 1. The molecule has 2 rings (SSSR count). The molecule has 0 unspecified atom stereocenters. The Morgan fingerprint density at radius 3 is 2.33 bits per heavy atom. The van der Waals surface area contributed by atoms with Gasteiger partial charge in [-0.3, -0.25) is 0 Å². The zero-order valence-corrected chi connectivity index (χ0v) is 9.11. The molecule has 0 radical (unpaired) electrons. The molecule has 0 spiro atoms. The van der Waals surface area contributed by atoms with Crippen LogP contribution < -0.4 is 4.90 Å². The molecule has 3 heteroatoms. The van der Waals surface area contributed by atoms with Crippen molar-refractivity contribution in [2.45, 2.75) is 19.6 Å². The summed E-state index contributed by atoms with van der Waals surface area (Å²) in [5.74, 6) is 2.36. The molecule has 1 fully saturated rings. The van der Waals surface area contributed by atoms with E-state index in [-0.39, 0.29) is 6.71 Å². The van der Waals surface area contributed by atoms with E-state index >= 15 is 0 Å². The van der Waals surface area contributed by atoms with Crippen molar-refractivity contribution in [2.75, 3.05) is 18.0 Å². The van der Waals surface area contributed by atoms with Gasteiger partial charge in [-0.15, -0.1) is 0 Å². The fourth-order valence-corrected chi connectivity index (χ4v) is 2.02. The predicted octanol–water partition coefficient (Wildman–Crippen LogP) is 2.37. The second-order valence-electron chi connectivity index (χ2n) is 4.23. The molecule has 0 atom stereocenters. The zero-order chi connectivity index (χ0) is 10.7. The van der Waals surface area contributed by atoms with E-state index in [0.29, 0.717) is 0 Å². The monoisotopic (exact) mass is 198 g/mol. The molecule has 0 amide bonds. The van der Waals surface area contributed by atoms with Crippen molar-refractivity contribution < 1.29 is 0 Å². The SMILES string of the molecule is Cc1ccc(N2CCB(C#N)CC2)cc1. The van der Waals surface area contributed by atoms with Gasteiger partial charge in [-0.25, -0.2) is 5.26 Å². The molecule has 0 bridgehead atoms. The highest BCUT2D eigenvalue weighted by Gasteiger charge is 2.22. The summed E-state index contributed by atoms with van der Waals surface area (Å²) in [5, 5.41) is 8.82. The first-order valence-corrected chi connectivity index (χ1v) is 5.51. The van der Waals surface area contributed by atoms with Crippen LogP contribution in [0.3, 0.4) is 0 Å². The molecule has 1 aliphatic rings. The summed E-state index contributed by atoms with van der Waals surface area (Å²) in [6, 6.07) is 8.63. The van der Waals surface area contributed by atoms with E-state index in [1.54, 1.807) is 0 Å². The van der Waals surface area contributed by atoms with Crippen LogP contribution in [-0.4, -0.2) is 19.8 Å². The Kier molecular flexibility index (Phi) is 2.96. The van der Waals surface area contributed by atoms with Gasteiger partial charge in [0.2, 0.25) is 0 Å². The van der Waals surface area contributed by atoms with Crippen LogP contribution in [0, 0.1) is 18.2 Å². The lowest BCUT2D eigenvalue weighted by atomic mass is 9.45. The van der Waals surface area contributed by atoms with Crippen LogP contribution in [0.1, 0.15) is 5.56 Å². The van der Waals surface area contributed by atoms with Crippen LogP contribution in [0.25, 0.3) is 0 Å². The lowest BCUT2D eigenvalue weighted by Gasteiger charge is -2.30. The van der Waals surface area contributed by atoms with Gasteiger partial charge in [0.1, 0.15) is 0 Å². The molecule has 0 aromatic heterocycles. The number of hydrogen-bond donors (Lipinski definition) is 0. The van der Waals surface area contributed by atoms with Crippen LogP contribution in [0.15, 0.2) is 24.3 Å². The molecule has 0 saturated carbocycles. The molecule has 1 saturated heterocycles. The van der Waals surface area contributed by atoms with Crippen LogP contribution >= 0.6 is 0 Å². The minimum atomic E-state index is 0.270. The number of nitriles is 1. The van der Waals surface area contributed by atoms with Gasteiger partial charge in [0, 0.05) is 24.7 Å². The molecule has 0 N–H and O–H groups in total. The summed E-state index contributed by atoms with van der Waals surface area (Å²) in [6.45, 7) is 4.40. The molecule has 1 heterocycles. The second-order valence-corrected chi connectivity index (χ2v) is 4.23. The lowest BCUT2D eigenvalue weighted by molar-refractivity contribution is 0.822. The first-order valence-electron chi connectivity index (χ1n) is 5.51. The number of anilines is 1. The van der Waals surface area contributed by atoms with Gasteiger partial charge < -0.3 is 4.90 Å².